The highest BCUT2D eigenvalue weighted by atomic mass is 35.5. The molecule has 3 rings (SSSR count). The van der Waals surface area contributed by atoms with Crippen LogP contribution in [0.5, 0.6) is 11.5 Å². The molecule has 9 heteroatoms. The number of rotatable bonds is 8. The third kappa shape index (κ3) is 5.40. The van der Waals surface area contributed by atoms with E-state index in [4.69, 9.17) is 21.1 Å². The second kappa shape index (κ2) is 10.1. The SMILES string of the molecule is COc1ccc(N(CC(=O)Nc2cccc(Cl)c2C)S(=O)(=O)c2ccc(C)cc2)cc1OC. The first-order chi connectivity index (χ1) is 15.7. The van der Waals surface area contributed by atoms with Gasteiger partial charge in [-0.2, -0.15) is 0 Å². The lowest BCUT2D eigenvalue weighted by molar-refractivity contribution is -0.114. The lowest BCUT2D eigenvalue weighted by Gasteiger charge is -2.25. The predicted octanol–water partition coefficient (Wildman–Crippen LogP) is 4.81. The zero-order chi connectivity index (χ0) is 24.2. The fourth-order valence-corrected chi connectivity index (χ4v) is 4.78. The molecule has 0 aliphatic carbocycles. The van der Waals surface area contributed by atoms with Gasteiger partial charge in [0.15, 0.2) is 11.5 Å². The van der Waals surface area contributed by atoms with E-state index in [1.807, 2.05) is 6.92 Å². The Kier molecular flexibility index (Phi) is 7.50. The van der Waals surface area contributed by atoms with Crippen molar-refractivity contribution in [2.45, 2.75) is 18.7 Å². The summed E-state index contributed by atoms with van der Waals surface area (Å²) < 4.78 is 38.7. The number of hydrogen-bond acceptors (Lipinski definition) is 5. The minimum Gasteiger partial charge on any atom is -0.493 e. The van der Waals surface area contributed by atoms with Crippen LogP contribution < -0.4 is 19.1 Å². The Balaban J connectivity index is 2.02. The number of methoxy groups -OCH3 is 2. The zero-order valence-electron chi connectivity index (χ0n) is 18.8. The molecule has 0 heterocycles. The van der Waals surface area contributed by atoms with E-state index >= 15 is 0 Å². The van der Waals surface area contributed by atoms with Crippen molar-refractivity contribution >= 4 is 38.9 Å². The van der Waals surface area contributed by atoms with Gasteiger partial charge in [0.25, 0.3) is 10.0 Å². The molecule has 0 atom stereocenters. The second-order valence-electron chi connectivity index (χ2n) is 7.32. The lowest BCUT2D eigenvalue weighted by Crippen LogP contribution is -2.38. The van der Waals surface area contributed by atoms with Crippen molar-refractivity contribution in [1.29, 1.82) is 0 Å². The Morgan fingerprint density at radius 3 is 2.27 bits per heavy atom. The molecule has 1 amide bonds. The molecule has 0 fully saturated rings. The Morgan fingerprint density at radius 1 is 0.970 bits per heavy atom. The van der Waals surface area contributed by atoms with Gasteiger partial charge in [0.2, 0.25) is 5.91 Å². The molecule has 33 heavy (non-hydrogen) atoms. The fourth-order valence-electron chi connectivity index (χ4n) is 3.20. The first-order valence-corrected chi connectivity index (χ1v) is 11.9. The van der Waals surface area contributed by atoms with Crippen molar-refractivity contribution in [3.63, 3.8) is 0 Å². The van der Waals surface area contributed by atoms with Crippen LogP contribution in [0.4, 0.5) is 11.4 Å². The average molecular weight is 489 g/mol. The van der Waals surface area contributed by atoms with E-state index in [9.17, 15) is 13.2 Å². The normalized spacial score (nSPS) is 11.1. The van der Waals surface area contributed by atoms with Gasteiger partial charge in [0.1, 0.15) is 6.54 Å². The highest BCUT2D eigenvalue weighted by Gasteiger charge is 2.28. The summed E-state index contributed by atoms with van der Waals surface area (Å²) in [4.78, 5) is 13.0. The van der Waals surface area contributed by atoms with E-state index in [-0.39, 0.29) is 10.6 Å². The molecule has 0 aliphatic rings. The van der Waals surface area contributed by atoms with Gasteiger partial charge in [0.05, 0.1) is 24.8 Å². The number of nitrogens with one attached hydrogen (secondary N) is 1. The highest BCUT2D eigenvalue weighted by molar-refractivity contribution is 7.92. The van der Waals surface area contributed by atoms with Crippen LogP contribution in [-0.4, -0.2) is 35.1 Å². The molecule has 1 N–H and O–H groups in total. The summed E-state index contributed by atoms with van der Waals surface area (Å²) in [5.41, 5.74) is 2.37. The number of sulfonamides is 1. The van der Waals surface area contributed by atoms with Gasteiger partial charge in [-0.1, -0.05) is 35.4 Å². The molecule has 7 nitrogen and oxygen atoms in total. The Hall–Kier alpha value is -3.23. The monoisotopic (exact) mass is 488 g/mol. The molecule has 0 spiro atoms. The summed E-state index contributed by atoms with van der Waals surface area (Å²) in [5.74, 6) is 0.254. The summed E-state index contributed by atoms with van der Waals surface area (Å²) in [6.45, 7) is 3.17. The maximum Gasteiger partial charge on any atom is 0.264 e. The van der Waals surface area contributed by atoms with Gasteiger partial charge < -0.3 is 14.8 Å². The van der Waals surface area contributed by atoms with Crippen molar-refractivity contribution in [3.05, 3.63) is 76.8 Å². The number of hydrogen-bond donors (Lipinski definition) is 1. The van der Waals surface area contributed by atoms with Crippen LogP contribution in [0.2, 0.25) is 5.02 Å². The van der Waals surface area contributed by atoms with Crippen molar-refractivity contribution in [2.75, 3.05) is 30.4 Å². The van der Waals surface area contributed by atoms with Crippen LogP contribution in [0.1, 0.15) is 11.1 Å². The molecule has 3 aromatic rings. The molecule has 174 valence electrons. The lowest BCUT2D eigenvalue weighted by atomic mass is 10.2. The van der Waals surface area contributed by atoms with Crippen LogP contribution in [-0.2, 0) is 14.8 Å². The first-order valence-electron chi connectivity index (χ1n) is 10.0. The Labute approximate surface area is 198 Å². The number of aryl methyl sites for hydroxylation is 1. The summed E-state index contributed by atoms with van der Waals surface area (Å²) in [6.07, 6.45) is 0. The maximum atomic E-state index is 13.6. The van der Waals surface area contributed by atoms with Crippen LogP contribution in [0.15, 0.2) is 65.6 Å². The van der Waals surface area contributed by atoms with Gasteiger partial charge in [-0.15, -0.1) is 0 Å². The molecule has 3 aromatic carbocycles. The molecule has 0 saturated carbocycles. The van der Waals surface area contributed by atoms with E-state index in [1.54, 1.807) is 49.4 Å². The number of ether oxygens (including phenoxy) is 2. The first kappa shape index (κ1) is 24.4. The molecule has 0 unspecified atom stereocenters. The van der Waals surface area contributed by atoms with Crippen LogP contribution >= 0.6 is 11.6 Å². The Morgan fingerprint density at radius 2 is 1.64 bits per heavy atom. The van der Waals surface area contributed by atoms with E-state index in [0.717, 1.165) is 9.87 Å². The molecule has 0 saturated heterocycles. The van der Waals surface area contributed by atoms with Crippen molar-refractivity contribution in [1.82, 2.24) is 0 Å². The minimum absolute atomic E-state index is 0.0645. The molecule has 0 aliphatic heterocycles. The number of amides is 1. The average Bonchev–Trinajstić information content (AvgIpc) is 2.80. The largest absolute Gasteiger partial charge is 0.493 e. The highest BCUT2D eigenvalue weighted by Crippen LogP contribution is 2.34. The fraction of sp³-hybridized carbons (Fsp3) is 0.208. The second-order valence-corrected chi connectivity index (χ2v) is 9.59. The summed E-state index contributed by atoms with van der Waals surface area (Å²) in [7, 11) is -1.13. The van der Waals surface area contributed by atoms with E-state index in [1.165, 1.54) is 32.4 Å². The van der Waals surface area contributed by atoms with Crippen molar-refractivity contribution in [3.8, 4) is 11.5 Å². The summed E-state index contributed by atoms with van der Waals surface area (Å²) in [6, 6.07) is 16.2. The predicted molar refractivity (Wildman–Crippen MR) is 130 cm³/mol. The van der Waals surface area contributed by atoms with Crippen molar-refractivity contribution < 1.29 is 22.7 Å². The van der Waals surface area contributed by atoms with Gasteiger partial charge >= 0.3 is 0 Å². The summed E-state index contributed by atoms with van der Waals surface area (Å²) in [5, 5.41) is 3.25. The molecule has 0 radical (unpaired) electrons. The molecule has 0 aromatic heterocycles. The van der Waals surface area contributed by atoms with Gasteiger partial charge in [-0.05, 0) is 55.8 Å². The van der Waals surface area contributed by atoms with Gasteiger partial charge in [0, 0.05) is 16.8 Å². The minimum atomic E-state index is -4.07. The number of halogens is 1. The van der Waals surface area contributed by atoms with Gasteiger partial charge in [-0.3, -0.25) is 9.10 Å². The number of nitrogens with zero attached hydrogens (tertiary/aromatic N) is 1. The molecule has 0 bridgehead atoms. The summed E-state index contributed by atoms with van der Waals surface area (Å²) >= 11 is 6.14. The molecular weight excluding hydrogens is 464 g/mol. The van der Waals surface area contributed by atoms with Gasteiger partial charge in [-0.25, -0.2) is 8.42 Å². The smallest absolute Gasteiger partial charge is 0.264 e. The number of carbonyl (C=O) groups is 1. The van der Waals surface area contributed by atoms with Crippen LogP contribution in [0.25, 0.3) is 0 Å². The van der Waals surface area contributed by atoms with E-state index in [0.29, 0.717) is 27.8 Å². The third-order valence-corrected chi connectivity index (χ3v) is 7.29. The topological polar surface area (TPSA) is 84.9 Å². The standard InChI is InChI=1S/C24H25ClN2O5S/c1-16-8-11-19(12-9-16)33(29,30)27(18-10-13-22(31-3)23(14-18)32-4)15-24(28)26-21-7-5-6-20(25)17(21)2/h5-14H,15H2,1-4H3,(H,26,28). The van der Waals surface area contributed by atoms with Crippen LogP contribution in [0, 0.1) is 13.8 Å². The number of anilines is 2. The Bertz CT molecular complexity index is 1260. The maximum absolute atomic E-state index is 13.6. The number of benzene rings is 3. The molecular formula is C24H25ClN2O5S. The third-order valence-electron chi connectivity index (χ3n) is 5.09. The quantitative estimate of drug-likeness (QED) is 0.492. The van der Waals surface area contributed by atoms with Crippen LogP contribution in [0.3, 0.4) is 0 Å². The van der Waals surface area contributed by atoms with E-state index < -0.39 is 22.5 Å². The number of carbonyl (C=O) groups excluding carboxylic acids is 1. The van der Waals surface area contributed by atoms with E-state index in [2.05, 4.69) is 5.32 Å². The van der Waals surface area contributed by atoms with Crippen molar-refractivity contribution in [2.24, 2.45) is 0 Å². The zero-order valence-corrected chi connectivity index (χ0v) is 20.3.